The van der Waals surface area contributed by atoms with Crippen LogP contribution >= 0.6 is 0 Å². The van der Waals surface area contributed by atoms with Gasteiger partial charge in [-0.3, -0.25) is 0 Å². The van der Waals surface area contributed by atoms with Crippen LogP contribution < -0.4 is 0 Å². The molecule has 0 amide bonds. The summed E-state index contributed by atoms with van der Waals surface area (Å²) in [5.74, 6) is 0.812. The van der Waals surface area contributed by atoms with E-state index in [1.807, 2.05) is 0 Å². The van der Waals surface area contributed by atoms with Crippen molar-refractivity contribution in [3.63, 3.8) is 0 Å². The summed E-state index contributed by atoms with van der Waals surface area (Å²) in [6, 6.07) is 0. The van der Waals surface area contributed by atoms with E-state index in [0.717, 1.165) is 5.92 Å². The molecule has 0 spiro atoms. The van der Waals surface area contributed by atoms with Gasteiger partial charge in [-0.2, -0.15) is 0 Å². The third-order valence-electron chi connectivity index (χ3n) is 1.50. The molecule has 0 saturated carbocycles. The Hall–Kier alpha value is -0.260. The predicted octanol–water partition coefficient (Wildman–Crippen LogP) is 3.39. The summed E-state index contributed by atoms with van der Waals surface area (Å²) < 4.78 is 0. The van der Waals surface area contributed by atoms with Gasteiger partial charge in [0.2, 0.25) is 0 Å². The fourth-order valence-corrected chi connectivity index (χ4v) is 0.581. The van der Waals surface area contributed by atoms with Gasteiger partial charge in [-0.1, -0.05) is 32.4 Å². The second kappa shape index (κ2) is 4.60. The van der Waals surface area contributed by atoms with Crippen LogP contribution in [-0.2, 0) is 0 Å². The molecule has 0 aliphatic heterocycles. The zero-order valence-electron chi connectivity index (χ0n) is 7.07. The summed E-state index contributed by atoms with van der Waals surface area (Å²) in [6.07, 6.45) is 4.77. The Bertz CT molecular complexity index is 88.2. The lowest BCUT2D eigenvalue weighted by atomic mass is 10.1. The molecule has 0 saturated heterocycles. The van der Waals surface area contributed by atoms with E-state index in [4.69, 9.17) is 0 Å². The lowest BCUT2D eigenvalue weighted by molar-refractivity contribution is 0.660. The molecule has 0 bridgehead atoms. The molecule has 0 atom stereocenters. The molecule has 0 unspecified atom stereocenters. The van der Waals surface area contributed by atoms with E-state index >= 15 is 0 Å². The highest BCUT2D eigenvalue weighted by atomic mass is 13.9. The van der Waals surface area contributed by atoms with E-state index in [9.17, 15) is 0 Å². The van der Waals surface area contributed by atoms with Gasteiger partial charge >= 0.3 is 0 Å². The van der Waals surface area contributed by atoms with E-state index in [-0.39, 0.29) is 0 Å². The van der Waals surface area contributed by atoms with Crippen LogP contribution in [-0.4, -0.2) is 0 Å². The van der Waals surface area contributed by atoms with Gasteiger partial charge in [-0.25, -0.2) is 0 Å². The maximum atomic E-state index is 2.34. The van der Waals surface area contributed by atoms with Gasteiger partial charge in [0.1, 0.15) is 0 Å². The Labute approximate surface area is 59.0 Å². The molecule has 0 heterocycles. The average Bonchev–Trinajstić information content (AvgIpc) is 1.83. The third-order valence-corrected chi connectivity index (χ3v) is 1.50. The van der Waals surface area contributed by atoms with Crippen LogP contribution in [0.1, 0.15) is 40.5 Å². The van der Waals surface area contributed by atoms with Crippen molar-refractivity contribution in [2.75, 3.05) is 0 Å². The van der Waals surface area contributed by atoms with Crippen molar-refractivity contribution in [1.82, 2.24) is 0 Å². The number of allylic oxidation sites excluding steroid dienone is 2. The third kappa shape index (κ3) is 5.61. The van der Waals surface area contributed by atoms with Crippen LogP contribution in [0.5, 0.6) is 0 Å². The summed E-state index contributed by atoms with van der Waals surface area (Å²) in [5.41, 5.74) is 1.52. The monoisotopic (exact) mass is 126 g/mol. The summed E-state index contributed by atoms with van der Waals surface area (Å²) in [5, 5.41) is 0. The lowest BCUT2D eigenvalue weighted by Gasteiger charge is -1.99. The summed E-state index contributed by atoms with van der Waals surface area (Å²) in [4.78, 5) is 0. The molecular weight excluding hydrogens is 108 g/mol. The molecule has 0 radical (unpaired) electrons. The molecule has 0 aromatic heterocycles. The number of hydrogen-bond acceptors (Lipinski definition) is 0. The first-order chi connectivity index (χ1) is 4.16. The number of rotatable bonds is 3. The van der Waals surface area contributed by atoms with Crippen LogP contribution in [0.2, 0.25) is 0 Å². The Kier molecular flexibility index (Phi) is 4.47. The molecular formula is C9H18. The Balaban J connectivity index is 3.43. The molecule has 0 aromatic rings. The first kappa shape index (κ1) is 8.74. The van der Waals surface area contributed by atoms with Gasteiger partial charge in [0.05, 0.1) is 0 Å². The molecule has 0 rings (SSSR count). The maximum Gasteiger partial charge on any atom is -0.0325 e. The summed E-state index contributed by atoms with van der Waals surface area (Å²) in [7, 11) is 0. The topological polar surface area (TPSA) is 0 Å². The minimum Gasteiger partial charge on any atom is -0.0854 e. The smallest absolute Gasteiger partial charge is 0.0325 e. The molecule has 0 aliphatic carbocycles. The SMILES string of the molecule is CC/C(C)=C/CC(C)C. The van der Waals surface area contributed by atoms with Crippen molar-refractivity contribution in [2.24, 2.45) is 5.92 Å². The summed E-state index contributed by atoms with van der Waals surface area (Å²) in [6.45, 7) is 8.90. The molecule has 0 N–H and O–H groups in total. The van der Waals surface area contributed by atoms with Gasteiger partial charge < -0.3 is 0 Å². The van der Waals surface area contributed by atoms with Gasteiger partial charge in [0.25, 0.3) is 0 Å². The second-order valence-electron chi connectivity index (χ2n) is 3.03. The Morgan fingerprint density at radius 2 is 2.00 bits per heavy atom. The van der Waals surface area contributed by atoms with E-state index in [0.29, 0.717) is 0 Å². The number of hydrogen-bond donors (Lipinski definition) is 0. The zero-order chi connectivity index (χ0) is 7.28. The van der Waals surface area contributed by atoms with Crippen molar-refractivity contribution in [1.29, 1.82) is 0 Å². The van der Waals surface area contributed by atoms with Gasteiger partial charge in [0, 0.05) is 0 Å². The average molecular weight is 126 g/mol. The second-order valence-corrected chi connectivity index (χ2v) is 3.03. The van der Waals surface area contributed by atoms with Crippen LogP contribution in [0.3, 0.4) is 0 Å². The Morgan fingerprint density at radius 3 is 2.33 bits per heavy atom. The molecule has 0 fully saturated rings. The van der Waals surface area contributed by atoms with Crippen molar-refractivity contribution in [3.05, 3.63) is 11.6 Å². The fourth-order valence-electron chi connectivity index (χ4n) is 0.581. The van der Waals surface area contributed by atoms with Crippen molar-refractivity contribution in [2.45, 2.75) is 40.5 Å². The van der Waals surface area contributed by atoms with Crippen molar-refractivity contribution >= 4 is 0 Å². The van der Waals surface area contributed by atoms with E-state index < -0.39 is 0 Å². The molecule has 0 heteroatoms. The quantitative estimate of drug-likeness (QED) is 0.508. The van der Waals surface area contributed by atoms with Crippen LogP contribution in [0.15, 0.2) is 11.6 Å². The predicted molar refractivity (Wildman–Crippen MR) is 43.5 cm³/mol. The first-order valence-corrected chi connectivity index (χ1v) is 3.82. The van der Waals surface area contributed by atoms with Crippen LogP contribution in [0, 0.1) is 5.92 Å². The highest BCUT2D eigenvalue weighted by Gasteiger charge is 1.88. The van der Waals surface area contributed by atoms with Gasteiger partial charge in [-0.05, 0) is 25.7 Å². The van der Waals surface area contributed by atoms with E-state index in [1.165, 1.54) is 18.4 Å². The molecule has 0 nitrogen and oxygen atoms in total. The maximum absolute atomic E-state index is 2.34. The van der Waals surface area contributed by atoms with Gasteiger partial charge in [0.15, 0.2) is 0 Å². The largest absolute Gasteiger partial charge is 0.0854 e. The molecule has 54 valence electrons. The normalized spacial score (nSPS) is 12.8. The Morgan fingerprint density at radius 1 is 1.44 bits per heavy atom. The molecule has 9 heavy (non-hydrogen) atoms. The highest BCUT2D eigenvalue weighted by Crippen LogP contribution is 2.05. The fraction of sp³-hybridized carbons (Fsp3) is 0.778. The minimum absolute atomic E-state index is 0.812. The first-order valence-electron chi connectivity index (χ1n) is 3.82. The van der Waals surface area contributed by atoms with Crippen molar-refractivity contribution in [3.8, 4) is 0 Å². The van der Waals surface area contributed by atoms with Crippen LogP contribution in [0.4, 0.5) is 0 Å². The highest BCUT2D eigenvalue weighted by molar-refractivity contribution is 4.96. The molecule has 0 aromatic carbocycles. The lowest BCUT2D eigenvalue weighted by Crippen LogP contribution is -1.83. The van der Waals surface area contributed by atoms with E-state index in [1.54, 1.807) is 0 Å². The van der Waals surface area contributed by atoms with E-state index in [2.05, 4.69) is 33.8 Å². The van der Waals surface area contributed by atoms with Gasteiger partial charge in [-0.15, -0.1) is 0 Å². The van der Waals surface area contributed by atoms with Crippen molar-refractivity contribution < 1.29 is 0 Å². The van der Waals surface area contributed by atoms with Crippen LogP contribution in [0.25, 0.3) is 0 Å². The zero-order valence-corrected chi connectivity index (χ0v) is 7.07. The standard InChI is InChI=1S/C9H18/c1-5-9(4)7-6-8(2)3/h7-8H,5-6H2,1-4H3/b9-7+. The molecule has 0 aliphatic rings. The minimum atomic E-state index is 0.812. The summed E-state index contributed by atoms with van der Waals surface area (Å²) >= 11 is 0.